The van der Waals surface area contributed by atoms with E-state index in [2.05, 4.69) is 16.4 Å². The van der Waals surface area contributed by atoms with E-state index in [-0.39, 0.29) is 5.91 Å². The first-order chi connectivity index (χ1) is 14.5. The Balaban J connectivity index is 1.45. The quantitative estimate of drug-likeness (QED) is 0.545. The van der Waals surface area contributed by atoms with E-state index in [0.29, 0.717) is 15.7 Å². The van der Waals surface area contributed by atoms with E-state index in [4.69, 9.17) is 4.98 Å². The lowest BCUT2D eigenvalue weighted by molar-refractivity contribution is -0.115. The molecule has 4 rings (SSSR count). The number of nitrogens with zero attached hydrogens (tertiary/aromatic N) is 3. The van der Waals surface area contributed by atoms with Crippen molar-refractivity contribution < 1.29 is 4.79 Å². The molecule has 1 aromatic carbocycles. The first-order valence-electron chi connectivity index (χ1n) is 9.96. The SMILES string of the molecule is Cc1ccc(-c2csc(NC(=O)C(C)Sc3nc4c(cc3C#N)CCCC4)n2)cc1. The first kappa shape index (κ1) is 20.6. The molecule has 0 fully saturated rings. The molecule has 7 heteroatoms. The number of carbonyl (C=O) groups is 1. The monoisotopic (exact) mass is 434 g/mol. The molecule has 0 saturated heterocycles. The highest BCUT2D eigenvalue weighted by Gasteiger charge is 2.21. The average molecular weight is 435 g/mol. The summed E-state index contributed by atoms with van der Waals surface area (Å²) >= 11 is 2.74. The zero-order valence-corrected chi connectivity index (χ0v) is 18.6. The van der Waals surface area contributed by atoms with Gasteiger partial charge in [-0.2, -0.15) is 5.26 Å². The van der Waals surface area contributed by atoms with E-state index in [1.54, 1.807) is 0 Å². The number of aromatic nitrogens is 2. The second kappa shape index (κ2) is 8.99. The molecule has 1 unspecified atom stereocenters. The third-order valence-electron chi connectivity index (χ3n) is 5.13. The summed E-state index contributed by atoms with van der Waals surface area (Å²) in [5.41, 5.74) is 5.86. The van der Waals surface area contributed by atoms with Crippen molar-refractivity contribution in [3.63, 3.8) is 0 Å². The fourth-order valence-electron chi connectivity index (χ4n) is 3.40. The number of pyridine rings is 1. The number of benzene rings is 1. The molecule has 3 aromatic rings. The highest BCUT2D eigenvalue weighted by Crippen LogP contribution is 2.31. The number of anilines is 1. The number of nitriles is 1. The Morgan fingerprint density at radius 3 is 2.77 bits per heavy atom. The Hall–Kier alpha value is -2.69. The van der Waals surface area contributed by atoms with Gasteiger partial charge in [-0.05, 0) is 51.2 Å². The molecule has 2 aromatic heterocycles. The van der Waals surface area contributed by atoms with Crippen molar-refractivity contribution in [2.75, 3.05) is 5.32 Å². The summed E-state index contributed by atoms with van der Waals surface area (Å²) in [6.07, 6.45) is 4.18. The highest BCUT2D eigenvalue weighted by molar-refractivity contribution is 8.00. The van der Waals surface area contributed by atoms with Crippen molar-refractivity contribution in [3.8, 4) is 17.3 Å². The number of hydrogen-bond acceptors (Lipinski definition) is 6. The van der Waals surface area contributed by atoms with Crippen LogP contribution in [0.1, 0.15) is 42.1 Å². The maximum Gasteiger partial charge on any atom is 0.239 e. The zero-order chi connectivity index (χ0) is 21.1. The van der Waals surface area contributed by atoms with Crippen molar-refractivity contribution >= 4 is 34.1 Å². The van der Waals surface area contributed by atoms with Crippen molar-refractivity contribution in [1.29, 1.82) is 5.26 Å². The Labute approximate surface area is 184 Å². The van der Waals surface area contributed by atoms with Crippen LogP contribution in [0, 0.1) is 18.3 Å². The Kier molecular flexibility index (Phi) is 6.16. The van der Waals surface area contributed by atoms with Gasteiger partial charge in [0.15, 0.2) is 5.13 Å². The zero-order valence-electron chi connectivity index (χ0n) is 16.9. The molecule has 2 heterocycles. The maximum atomic E-state index is 12.7. The molecular formula is C23H22N4OS2. The Morgan fingerprint density at radius 1 is 1.23 bits per heavy atom. The summed E-state index contributed by atoms with van der Waals surface area (Å²) in [6.45, 7) is 3.88. The molecule has 5 nitrogen and oxygen atoms in total. The fourth-order valence-corrected chi connectivity index (χ4v) is 5.02. The van der Waals surface area contributed by atoms with E-state index in [1.165, 1.54) is 34.2 Å². The lowest BCUT2D eigenvalue weighted by Crippen LogP contribution is -2.22. The second-order valence-corrected chi connectivity index (χ2v) is 9.61. The Bertz CT molecular complexity index is 1120. The van der Waals surface area contributed by atoms with Gasteiger partial charge in [-0.3, -0.25) is 4.79 Å². The number of thioether (sulfide) groups is 1. The lowest BCUT2D eigenvalue weighted by atomic mass is 9.95. The summed E-state index contributed by atoms with van der Waals surface area (Å²) in [5, 5.41) is 15.2. The van der Waals surface area contributed by atoms with Gasteiger partial charge >= 0.3 is 0 Å². The van der Waals surface area contributed by atoms with Gasteiger partial charge in [0.25, 0.3) is 0 Å². The number of aryl methyl sites for hydroxylation is 3. The molecule has 1 atom stereocenters. The molecule has 1 N–H and O–H groups in total. The number of amides is 1. The van der Waals surface area contributed by atoms with Crippen LogP contribution in [0.5, 0.6) is 0 Å². The summed E-state index contributed by atoms with van der Waals surface area (Å²) in [5.74, 6) is -0.145. The second-order valence-electron chi connectivity index (χ2n) is 7.42. The van der Waals surface area contributed by atoms with E-state index >= 15 is 0 Å². The fraction of sp³-hybridized carbons (Fsp3) is 0.304. The smallest absolute Gasteiger partial charge is 0.239 e. The van der Waals surface area contributed by atoms with E-state index < -0.39 is 5.25 Å². The van der Waals surface area contributed by atoms with E-state index in [1.807, 2.05) is 49.6 Å². The average Bonchev–Trinajstić information content (AvgIpc) is 3.22. The summed E-state index contributed by atoms with van der Waals surface area (Å²) in [4.78, 5) is 22.0. The molecule has 0 aliphatic heterocycles. The number of nitrogens with one attached hydrogen (secondary N) is 1. The van der Waals surface area contributed by atoms with Gasteiger partial charge in [-0.1, -0.05) is 41.6 Å². The van der Waals surface area contributed by atoms with Gasteiger partial charge in [0, 0.05) is 16.6 Å². The predicted octanol–water partition coefficient (Wildman–Crippen LogP) is 5.38. The van der Waals surface area contributed by atoms with E-state index in [0.717, 1.165) is 42.6 Å². The molecule has 1 aliphatic carbocycles. The highest BCUT2D eigenvalue weighted by atomic mass is 32.2. The molecular weight excluding hydrogens is 412 g/mol. The minimum Gasteiger partial charge on any atom is -0.301 e. The largest absolute Gasteiger partial charge is 0.301 e. The van der Waals surface area contributed by atoms with Crippen LogP contribution >= 0.6 is 23.1 Å². The molecule has 1 amide bonds. The van der Waals surface area contributed by atoms with Crippen LogP contribution in [-0.4, -0.2) is 21.1 Å². The van der Waals surface area contributed by atoms with Crippen molar-refractivity contribution in [2.45, 2.75) is 49.8 Å². The predicted molar refractivity (Wildman–Crippen MR) is 122 cm³/mol. The van der Waals surface area contributed by atoms with Crippen LogP contribution in [0.15, 0.2) is 40.7 Å². The van der Waals surface area contributed by atoms with Gasteiger partial charge in [-0.25, -0.2) is 9.97 Å². The molecule has 0 bridgehead atoms. The molecule has 30 heavy (non-hydrogen) atoms. The van der Waals surface area contributed by atoms with Crippen molar-refractivity contribution in [2.24, 2.45) is 0 Å². The number of thiazole rings is 1. The molecule has 0 radical (unpaired) electrons. The number of carbonyl (C=O) groups excluding carboxylic acids is 1. The topological polar surface area (TPSA) is 78.7 Å². The molecule has 0 saturated carbocycles. The van der Waals surface area contributed by atoms with E-state index in [9.17, 15) is 10.1 Å². The lowest BCUT2D eigenvalue weighted by Gasteiger charge is -2.17. The van der Waals surface area contributed by atoms with Gasteiger partial charge in [0.05, 0.1) is 16.5 Å². The normalized spacial score (nSPS) is 13.9. The van der Waals surface area contributed by atoms with Crippen LogP contribution in [0.3, 0.4) is 0 Å². The third kappa shape index (κ3) is 4.55. The van der Waals surface area contributed by atoms with Crippen LogP contribution in [0.25, 0.3) is 11.3 Å². The third-order valence-corrected chi connectivity index (χ3v) is 6.99. The maximum absolute atomic E-state index is 12.7. The summed E-state index contributed by atoms with van der Waals surface area (Å²) < 4.78 is 0. The summed E-state index contributed by atoms with van der Waals surface area (Å²) in [6, 6.07) is 12.3. The van der Waals surface area contributed by atoms with Crippen LogP contribution in [0.2, 0.25) is 0 Å². The van der Waals surface area contributed by atoms with Crippen LogP contribution in [-0.2, 0) is 17.6 Å². The van der Waals surface area contributed by atoms with Gasteiger partial charge in [-0.15, -0.1) is 11.3 Å². The minimum absolute atomic E-state index is 0.145. The summed E-state index contributed by atoms with van der Waals surface area (Å²) in [7, 11) is 0. The van der Waals surface area contributed by atoms with Crippen molar-refractivity contribution in [3.05, 3.63) is 58.1 Å². The minimum atomic E-state index is -0.391. The first-order valence-corrected chi connectivity index (χ1v) is 11.7. The Morgan fingerprint density at radius 2 is 2.00 bits per heavy atom. The number of fused-ring (bicyclic) bond motifs is 1. The number of rotatable bonds is 5. The van der Waals surface area contributed by atoms with Crippen LogP contribution < -0.4 is 5.32 Å². The molecule has 1 aliphatic rings. The van der Waals surface area contributed by atoms with Crippen molar-refractivity contribution in [1.82, 2.24) is 9.97 Å². The standard InChI is InChI=1S/C23H22N4OS2/c1-14-7-9-16(10-8-14)20-13-29-23(26-20)27-21(28)15(2)30-22-18(12-24)11-17-5-3-4-6-19(17)25-22/h7-11,13,15H,3-6H2,1-2H3,(H,26,27,28). The molecule has 152 valence electrons. The number of hydrogen-bond donors (Lipinski definition) is 1. The van der Waals surface area contributed by atoms with Crippen LogP contribution in [0.4, 0.5) is 5.13 Å². The molecule has 0 spiro atoms. The van der Waals surface area contributed by atoms with Gasteiger partial charge in [0.2, 0.25) is 5.91 Å². The van der Waals surface area contributed by atoms with Gasteiger partial charge < -0.3 is 5.32 Å². The van der Waals surface area contributed by atoms with Gasteiger partial charge in [0.1, 0.15) is 11.1 Å².